The summed E-state index contributed by atoms with van der Waals surface area (Å²) in [4.78, 5) is 11.1. The smallest absolute Gasteiger partial charge is 0.234 e. The lowest BCUT2D eigenvalue weighted by molar-refractivity contribution is -0.119. The molecule has 1 aliphatic rings. The molecular weight excluding hydrogens is 308 g/mol. The molecular formula is C18H20N2O4. The number of primary amides is 1. The third-order valence-electron chi connectivity index (χ3n) is 3.83. The van der Waals surface area contributed by atoms with Crippen LogP contribution in [0.15, 0.2) is 42.5 Å². The molecule has 2 aromatic carbocycles. The molecule has 6 nitrogen and oxygen atoms in total. The number of nitrogens with two attached hydrogens (primary N) is 1. The van der Waals surface area contributed by atoms with Gasteiger partial charge >= 0.3 is 0 Å². The Morgan fingerprint density at radius 1 is 1.21 bits per heavy atom. The maximum absolute atomic E-state index is 11.1. The summed E-state index contributed by atoms with van der Waals surface area (Å²) in [6, 6.07) is 13.2. The van der Waals surface area contributed by atoms with Crippen LogP contribution in [0.3, 0.4) is 0 Å². The molecule has 24 heavy (non-hydrogen) atoms. The van der Waals surface area contributed by atoms with Gasteiger partial charge in [0.25, 0.3) is 0 Å². The van der Waals surface area contributed by atoms with E-state index in [0.717, 1.165) is 11.1 Å². The highest BCUT2D eigenvalue weighted by atomic mass is 16.7. The van der Waals surface area contributed by atoms with Crippen LogP contribution in [0, 0.1) is 0 Å². The highest BCUT2D eigenvalue weighted by Gasteiger charge is 2.23. The summed E-state index contributed by atoms with van der Waals surface area (Å²) in [5.74, 6) is 1.48. The predicted octanol–water partition coefficient (Wildman–Crippen LogP) is 1.96. The van der Waals surface area contributed by atoms with Crippen LogP contribution in [-0.4, -0.2) is 18.7 Å². The van der Waals surface area contributed by atoms with Crippen molar-refractivity contribution in [3.8, 4) is 17.2 Å². The summed E-state index contributed by atoms with van der Waals surface area (Å²) < 4.78 is 17.0. The van der Waals surface area contributed by atoms with E-state index in [1.54, 1.807) is 6.92 Å². The van der Waals surface area contributed by atoms with Crippen molar-refractivity contribution in [1.29, 1.82) is 0 Å². The lowest BCUT2D eigenvalue weighted by Gasteiger charge is -2.14. The number of carbonyl (C=O) groups is 1. The fourth-order valence-corrected chi connectivity index (χ4v) is 2.38. The van der Waals surface area contributed by atoms with E-state index in [2.05, 4.69) is 5.32 Å². The van der Waals surface area contributed by atoms with Gasteiger partial charge in [-0.05, 0) is 18.6 Å². The van der Waals surface area contributed by atoms with Crippen LogP contribution in [0.1, 0.15) is 18.1 Å². The van der Waals surface area contributed by atoms with Crippen molar-refractivity contribution in [2.24, 2.45) is 5.73 Å². The molecule has 2 aromatic rings. The molecule has 126 valence electrons. The van der Waals surface area contributed by atoms with Crippen molar-refractivity contribution >= 4 is 5.91 Å². The number of hydrogen-bond acceptors (Lipinski definition) is 5. The maximum Gasteiger partial charge on any atom is 0.234 e. The van der Waals surface area contributed by atoms with Crippen LogP contribution in [0.2, 0.25) is 0 Å². The highest BCUT2D eigenvalue weighted by molar-refractivity contribution is 5.79. The number of benzene rings is 2. The summed E-state index contributed by atoms with van der Waals surface area (Å²) in [6.07, 6.45) is 0. The molecule has 3 N–H and O–H groups in total. The monoisotopic (exact) mass is 328 g/mol. The minimum absolute atomic E-state index is 0.152. The molecule has 0 radical (unpaired) electrons. The molecule has 0 spiro atoms. The summed E-state index contributed by atoms with van der Waals surface area (Å²) in [6.45, 7) is 2.78. The van der Waals surface area contributed by atoms with Gasteiger partial charge in [-0.15, -0.1) is 0 Å². The summed E-state index contributed by atoms with van der Waals surface area (Å²) in [5.41, 5.74) is 7.22. The fraction of sp³-hybridized carbons (Fsp3) is 0.278. The van der Waals surface area contributed by atoms with E-state index in [4.69, 9.17) is 19.9 Å². The van der Waals surface area contributed by atoms with Crippen molar-refractivity contribution in [3.63, 3.8) is 0 Å². The Hall–Kier alpha value is -2.73. The van der Waals surface area contributed by atoms with Gasteiger partial charge in [0.1, 0.15) is 6.61 Å². The first kappa shape index (κ1) is 16.1. The minimum Gasteiger partial charge on any atom is -0.485 e. The SMILES string of the molecule is C[C@H](NCc1ccc(OCc2ccccc2)c2c1OCO2)C(N)=O. The topological polar surface area (TPSA) is 82.8 Å². The molecule has 0 fully saturated rings. The third kappa shape index (κ3) is 3.60. The second-order valence-corrected chi connectivity index (χ2v) is 5.57. The Morgan fingerprint density at radius 3 is 2.71 bits per heavy atom. The zero-order valence-corrected chi connectivity index (χ0v) is 13.5. The molecule has 1 amide bonds. The van der Waals surface area contributed by atoms with Crippen molar-refractivity contribution in [1.82, 2.24) is 5.32 Å². The van der Waals surface area contributed by atoms with Gasteiger partial charge in [0.2, 0.25) is 18.4 Å². The molecule has 1 aliphatic heterocycles. The van der Waals surface area contributed by atoms with E-state index < -0.39 is 11.9 Å². The van der Waals surface area contributed by atoms with Gasteiger partial charge in [0, 0.05) is 12.1 Å². The normalized spacial score (nSPS) is 13.5. The van der Waals surface area contributed by atoms with E-state index >= 15 is 0 Å². The average Bonchev–Trinajstić information content (AvgIpc) is 3.09. The zero-order chi connectivity index (χ0) is 16.9. The van der Waals surface area contributed by atoms with Gasteiger partial charge in [0.15, 0.2) is 11.5 Å². The average molecular weight is 328 g/mol. The summed E-state index contributed by atoms with van der Waals surface area (Å²) in [5, 5.41) is 3.05. The van der Waals surface area contributed by atoms with E-state index in [1.165, 1.54) is 0 Å². The molecule has 0 saturated heterocycles. The Bertz CT molecular complexity index is 718. The van der Waals surface area contributed by atoms with Gasteiger partial charge in [-0.3, -0.25) is 4.79 Å². The maximum atomic E-state index is 11.1. The number of fused-ring (bicyclic) bond motifs is 1. The number of carbonyl (C=O) groups excluding carboxylic acids is 1. The molecule has 0 aliphatic carbocycles. The van der Waals surface area contributed by atoms with E-state index in [0.29, 0.717) is 30.4 Å². The van der Waals surface area contributed by atoms with Crippen molar-refractivity contribution in [3.05, 3.63) is 53.6 Å². The Kier molecular flexibility index (Phi) is 4.86. The second kappa shape index (κ2) is 7.23. The van der Waals surface area contributed by atoms with Crippen LogP contribution in [0.4, 0.5) is 0 Å². The molecule has 6 heteroatoms. The molecule has 0 aromatic heterocycles. The van der Waals surface area contributed by atoms with Crippen molar-refractivity contribution in [2.45, 2.75) is 26.1 Å². The van der Waals surface area contributed by atoms with E-state index in [1.807, 2.05) is 42.5 Å². The van der Waals surface area contributed by atoms with E-state index in [9.17, 15) is 4.79 Å². The lowest BCUT2D eigenvalue weighted by Crippen LogP contribution is -2.38. The first-order chi connectivity index (χ1) is 11.6. The summed E-state index contributed by atoms with van der Waals surface area (Å²) in [7, 11) is 0. The zero-order valence-electron chi connectivity index (χ0n) is 13.5. The molecule has 3 rings (SSSR count). The van der Waals surface area contributed by atoms with Crippen LogP contribution in [-0.2, 0) is 17.9 Å². The number of ether oxygens (including phenoxy) is 3. The quantitative estimate of drug-likeness (QED) is 0.812. The third-order valence-corrected chi connectivity index (χ3v) is 3.83. The minimum atomic E-state index is -0.419. The molecule has 0 unspecified atom stereocenters. The second-order valence-electron chi connectivity index (χ2n) is 5.57. The van der Waals surface area contributed by atoms with Gasteiger partial charge < -0.3 is 25.3 Å². The lowest BCUT2D eigenvalue weighted by atomic mass is 10.1. The molecule has 1 heterocycles. The Morgan fingerprint density at radius 2 is 1.96 bits per heavy atom. The van der Waals surface area contributed by atoms with Crippen LogP contribution in [0.25, 0.3) is 0 Å². The largest absolute Gasteiger partial charge is 0.485 e. The first-order valence-electron chi connectivity index (χ1n) is 7.76. The highest BCUT2D eigenvalue weighted by Crippen LogP contribution is 2.43. The number of nitrogens with one attached hydrogen (secondary N) is 1. The van der Waals surface area contributed by atoms with Crippen LogP contribution >= 0.6 is 0 Å². The van der Waals surface area contributed by atoms with Crippen LogP contribution < -0.4 is 25.3 Å². The number of hydrogen-bond donors (Lipinski definition) is 2. The van der Waals surface area contributed by atoms with Gasteiger partial charge in [-0.25, -0.2) is 0 Å². The van der Waals surface area contributed by atoms with Crippen molar-refractivity contribution < 1.29 is 19.0 Å². The van der Waals surface area contributed by atoms with E-state index in [-0.39, 0.29) is 6.79 Å². The number of rotatable bonds is 7. The van der Waals surface area contributed by atoms with Gasteiger partial charge in [-0.1, -0.05) is 36.4 Å². The standard InChI is InChI=1S/C18H20N2O4/c1-12(18(19)21)20-9-14-7-8-15(17-16(14)23-11-24-17)22-10-13-5-3-2-4-6-13/h2-8,12,20H,9-11H2,1H3,(H2,19,21)/t12-/m0/s1. The summed E-state index contributed by atoms with van der Waals surface area (Å²) >= 11 is 0. The predicted molar refractivity (Wildman–Crippen MR) is 88.8 cm³/mol. The number of amides is 1. The van der Waals surface area contributed by atoms with Gasteiger partial charge in [-0.2, -0.15) is 0 Å². The first-order valence-corrected chi connectivity index (χ1v) is 7.76. The van der Waals surface area contributed by atoms with Crippen LogP contribution in [0.5, 0.6) is 17.2 Å². The van der Waals surface area contributed by atoms with Crippen molar-refractivity contribution in [2.75, 3.05) is 6.79 Å². The molecule has 0 saturated carbocycles. The Labute approximate surface area is 140 Å². The molecule has 1 atom stereocenters. The molecule has 0 bridgehead atoms. The van der Waals surface area contributed by atoms with Gasteiger partial charge in [0.05, 0.1) is 6.04 Å². The Balaban J connectivity index is 1.71. The fourth-order valence-electron chi connectivity index (χ4n) is 2.38.